The Kier molecular flexibility index (Phi) is 6.93. The van der Waals surface area contributed by atoms with Crippen molar-refractivity contribution >= 4 is 17.6 Å². The summed E-state index contributed by atoms with van der Waals surface area (Å²) in [5, 5.41) is 22.5. The number of nitro benzene ring substituents is 1. The van der Waals surface area contributed by atoms with Gasteiger partial charge in [-0.05, 0) is 6.92 Å². The zero-order valence-corrected chi connectivity index (χ0v) is 13.4. The highest BCUT2D eigenvalue weighted by atomic mass is 16.6. The van der Waals surface area contributed by atoms with Gasteiger partial charge in [-0.3, -0.25) is 14.9 Å². The van der Waals surface area contributed by atoms with Crippen LogP contribution in [0.25, 0.3) is 0 Å². The molecule has 1 rings (SSSR count). The maximum absolute atomic E-state index is 12.3. The number of nitrogens with one attached hydrogen (secondary N) is 1. The highest BCUT2D eigenvalue weighted by Crippen LogP contribution is 2.34. The van der Waals surface area contributed by atoms with Crippen LogP contribution in [0.3, 0.4) is 0 Å². The second kappa shape index (κ2) is 8.67. The highest BCUT2D eigenvalue weighted by molar-refractivity contribution is 6.01. The maximum atomic E-state index is 12.3. The lowest BCUT2D eigenvalue weighted by Gasteiger charge is -2.15. The van der Waals surface area contributed by atoms with E-state index in [1.54, 1.807) is 6.92 Å². The monoisotopic (exact) mass is 342 g/mol. The molecule has 10 heteroatoms. The number of carbonyl (C=O) groups is 2. The Morgan fingerprint density at radius 2 is 1.88 bits per heavy atom. The molecule has 0 heterocycles. The van der Waals surface area contributed by atoms with Crippen molar-refractivity contribution in [3.63, 3.8) is 0 Å². The van der Waals surface area contributed by atoms with Gasteiger partial charge in [0.1, 0.15) is 5.56 Å². The maximum Gasteiger partial charge on any atom is 0.331 e. The fourth-order valence-corrected chi connectivity index (χ4v) is 1.86. The Bertz CT molecular complexity index is 631. The van der Waals surface area contributed by atoms with E-state index in [4.69, 9.17) is 14.2 Å². The number of nitrogens with zero attached hydrogens (tertiary/aromatic N) is 1. The third kappa shape index (κ3) is 4.32. The van der Waals surface area contributed by atoms with Crippen LogP contribution in [0.15, 0.2) is 12.1 Å². The van der Waals surface area contributed by atoms with Crippen molar-refractivity contribution in [2.45, 2.75) is 13.0 Å². The quantitative estimate of drug-likeness (QED) is 0.390. The molecule has 0 saturated heterocycles. The molecule has 0 aliphatic heterocycles. The van der Waals surface area contributed by atoms with Crippen LogP contribution in [0, 0.1) is 10.1 Å². The van der Waals surface area contributed by atoms with E-state index in [2.05, 4.69) is 5.32 Å². The van der Waals surface area contributed by atoms with Gasteiger partial charge in [0.25, 0.3) is 11.6 Å². The van der Waals surface area contributed by atoms with E-state index in [0.29, 0.717) is 0 Å². The van der Waals surface area contributed by atoms with E-state index in [1.165, 1.54) is 14.2 Å². The summed E-state index contributed by atoms with van der Waals surface area (Å²) in [5.74, 6) is -1.61. The molecule has 10 nitrogen and oxygen atoms in total. The molecule has 1 amide bonds. The Balaban J connectivity index is 3.20. The molecule has 0 aliphatic carbocycles. The first-order valence-corrected chi connectivity index (χ1v) is 6.88. The lowest BCUT2D eigenvalue weighted by atomic mass is 10.1. The number of amides is 1. The van der Waals surface area contributed by atoms with Crippen LogP contribution < -0.4 is 14.8 Å². The minimum absolute atomic E-state index is 0.0573. The number of carbonyl (C=O) groups excluding carboxylic acids is 2. The van der Waals surface area contributed by atoms with Crippen molar-refractivity contribution in [3.05, 3.63) is 27.8 Å². The van der Waals surface area contributed by atoms with E-state index >= 15 is 0 Å². The van der Waals surface area contributed by atoms with Gasteiger partial charge < -0.3 is 24.6 Å². The Hall–Kier alpha value is -2.88. The van der Waals surface area contributed by atoms with E-state index in [0.717, 1.165) is 12.1 Å². The molecule has 24 heavy (non-hydrogen) atoms. The average Bonchev–Trinajstić information content (AvgIpc) is 2.57. The van der Waals surface area contributed by atoms with Gasteiger partial charge in [-0.25, -0.2) is 4.79 Å². The van der Waals surface area contributed by atoms with Crippen molar-refractivity contribution in [3.8, 4) is 11.5 Å². The zero-order valence-electron chi connectivity index (χ0n) is 13.4. The Labute approximate surface area is 137 Å². The van der Waals surface area contributed by atoms with Gasteiger partial charge in [-0.1, -0.05) is 0 Å². The van der Waals surface area contributed by atoms with E-state index in [-0.39, 0.29) is 23.7 Å². The molecule has 0 bridgehead atoms. The standard InChI is InChI=1S/C14H18N2O8/c1-4-24-14(19)9(7-17)15-13(18)8-5-11(22-2)12(23-3)6-10(8)16(20)21/h5-6,9,17H,4,7H2,1-3H3,(H,15,18). The van der Waals surface area contributed by atoms with Crippen molar-refractivity contribution in [1.82, 2.24) is 5.32 Å². The van der Waals surface area contributed by atoms with Crippen molar-refractivity contribution in [2.24, 2.45) is 0 Å². The molecule has 1 atom stereocenters. The molecule has 0 aliphatic rings. The molecule has 1 unspecified atom stereocenters. The van der Waals surface area contributed by atoms with Gasteiger partial charge in [-0.2, -0.15) is 0 Å². The van der Waals surface area contributed by atoms with Crippen LogP contribution in [-0.2, 0) is 9.53 Å². The summed E-state index contributed by atoms with van der Waals surface area (Å²) in [7, 11) is 2.60. The Morgan fingerprint density at radius 1 is 1.29 bits per heavy atom. The number of ether oxygens (including phenoxy) is 3. The average molecular weight is 342 g/mol. The number of benzene rings is 1. The summed E-state index contributed by atoms with van der Waals surface area (Å²) in [4.78, 5) is 34.3. The van der Waals surface area contributed by atoms with E-state index in [9.17, 15) is 24.8 Å². The summed E-state index contributed by atoms with van der Waals surface area (Å²) >= 11 is 0. The summed E-state index contributed by atoms with van der Waals surface area (Å²) in [6.45, 7) is 0.903. The largest absolute Gasteiger partial charge is 0.493 e. The molecule has 0 aromatic heterocycles. The van der Waals surface area contributed by atoms with Crippen LogP contribution >= 0.6 is 0 Å². The predicted molar refractivity (Wildman–Crippen MR) is 81.2 cm³/mol. The molecular formula is C14H18N2O8. The molecule has 0 radical (unpaired) electrons. The smallest absolute Gasteiger partial charge is 0.331 e. The third-order valence-electron chi connectivity index (χ3n) is 3.00. The van der Waals surface area contributed by atoms with Crippen LogP contribution in [-0.4, -0.2) is 55.4 Å². The molecule has 2 N–H and O–H groups in total. The number of esters is 1. The zero-order chi connectivity index (χ0) is 18.3. The Morgan fingerprint density at radius 3 is 2.33 bits per heavy atom. The number of methoxy groups -OCH3 is 2. The first-order chi connectivity index (χ1) is 11.4. The number of aliphatic hydroxyl groups excluding tert-OH is 1. The summed E-state index contributed by atoms with van der Waals surface area (Å²) in [5.41, 5.74) is -0.883. The number of aliphatic hydroxyl groups is 1. The van der Waals surface area contributed by atoms with Crippen molar-refractivity contribution < 1.29 is 33.8 Å². The number of hydrogen-bond donors (Lipinski definition) is 2. The molecular weight excluding hydrogens is 324 g/mol. The normalized spacial score (nSPS) is 11.3. The number of rotatable bonds is 8. The van der Waals surface area contributed by atoms with Gasteiger partial charge in [0.2, 0.25) is 0 Å². The van der Waals surface area contributed by atoms with E-state index in [1.807, 2.05) is 0 Å². The SMILES string of the molecule is CCOC(=O)C(CO)NC(=O)c1cc(OC)c(OC)cc1[N+](=O)[O-]. The molecule has 132 valence electrons. The minimum atomic E-state index is -1.34. The van der Waals surface area contributed by atoms with Gasteiger partial charge in [0.05, 0.1) is 38.4 Å². The number of hydrogen-bond acceptors (Lipinski definition) is 8. The third-order valence-corrected chi connectivity index (χ3v) is 3.00. The second-order valence-electron chi connectivity index (χ2n) is 4.44. The van der Waals surface area contributed by atoms with Crippen LogP contribution in [0.5, 0.6) is 11.5 Å². The van der Waals surface area contributed by atoms with Crippen molar-refractivity contribution in [1.29, 1.82) is 0 Å². The summed E-state index contributed by atoms with van der Waals surface area (Å²) in [6, 6.07) is 0.808. The molecule has 0 spiro atoms. The fourth-order valence-electron chi connectivity index (χ4n) is 1.86. The molecule has 0 saturated carbocycles. The lowest BCUT2D eigenvalue weighted by Crippen LogP contribution is -2.44. The molecule has 0 fully saturated rings. The number of nitro groups is 1. The van der Waals surface area contributed by atoms with E-state index < -0.39 is 35.1 Å². The molecule has 1 aromatic rings. The van der Waals surface area contributed by atoms with Gasteiger partial charge in [0.15, 0.2) is 17.5 Å². The predicted octanol–water partition coefficient (Wildman–Crippen LogP) is 0.266. The first-order valence-electron chi connectivity index (χ1n) is 6.88. The van der Waals surface area contributed by atoms with Crippen LogP contribution in [0.4, 0.5) is 5.69 Å². The molecule has 1 aromatic carbocycles. The first kappa shape index (κ1) is 19.2. The lowest BCUT2D eigenvalue weighted by molar-refractivity contribution is -0.385. The van der Waals surface area contributed by atoms with Gasteiger partial charge in [-0.15, -0.1) is 0 Å². The highest BCUT2D eigenvalue weighted by Gasteiger charge is 2.28. The van der Waals surface area contributed by atoms with Gasteiger partial charge in [0, 0.05) is 6.07 Å². The fraction of sp³-hybridized carbons (Fsp3) is 0.429. The van der Waals surface area contributed by atoms with Crippen LogP contribution in [0.2, 0.25) is 0 Å². The van der Waals surface area contributed by atoms with Crippen molar-refractivity contribution in [2.75, 3.05) is 27.4 Å². The van der Waals surface area contributed by atoms with Crippen LogP contribution in [0.1, 0.15) is 17.3 Å². The summed E-state index contributed by atoms with van der Waals surface area (Å²) in [6.07, 6.45) is 0. The second-order valence-corrected chi connectivity index (χ2v) is 4.44. The summed E-state index contributed by atoms with van der Waals surface area (Å²) < 4.78 is 14.7. The topological polar surface area (TPSA) is 137 Å². The minimum Gasteiger partial charge on any atom is -0.493 e. The van der Waals surface area contributed by atoms with Gasteiger partial charge >= 0.3 is 5.97 Å².